The van der Waals surface area contributed by atoms with Gasteiger partial charge in [-0.25, -0.2) is 14.4 Å². The van der Waals surface area contributed by atoms with Gasteiger partial charge in [-0.05, 0) is 24.3 Å². The van der Waals surface area contributed by atoms with Crippen molar-refractivity contribution in [2.24, 2.45) is 0 Å². The topological polar surface area (TPSA) is 71.0 Å². The van der Waals surface area contributed by atoms with Gasteiger partial charge in [0.2, 0.25) is 5.91 Å². The van der Waals surface area contributed by atoms with E-state index in [9.17, 15) is 9.18 Å². The molecule has 2 aromatic heterocycles. The van der Waals surface area contributed by atoms with E-state index in [1.54, 1.807) is 0 Å². The monoisotopic (exact) mass is 363 g/mol. The summed E-state index contributed by atoms with van der Waals surface area (Å²) in [7, 11) is 3.82. The number of carbonyl (C=O) groups is 1. The lowest BCUT2D eigenvalue weighted by atomic mass is 10.3. The van der Waals surface area contributed by atoms with Crippen LogP contribution in [-0.2, 0) is 4.79 Å². The number of halogens is 1. The van der Waals surface area contributed by atoms with Gasteiger partial charge in [-0.2, -0.15) is 4.98 Å². The van der Waals surface area contributed by atoms with Gasteiger partial charge in [0.25, 0.3) is 0 Å². The van der Waals surface area contributed by atoms with Crippen molar-refractivity contribution in [3.8, 4) is 0 Å². The van der Waals surface area contributed by atoms with Crippen LogP contribution in [0, 0.1) is 5.82 Å². The SMILES string of the molecule is CN(C)c1nc2ncnc(SCC(=O)Nc3ccc(F)cc3)c2s1. The van der Waals surface area contributed by atoms with E-state index in [4.69, 9.17) is 0 Å². The summed E-state index contributed by atoms with van der Waals surface area (Å²) < 4.78 is 13.7. The van der Waals surface area contributed by atoms with Crippen molar-refractivity contribution in [3.05, 3.63) is 36.4 Å². The van der Waals surface area contributed by atoms with E-state index in [0.29, 0.717) is 11.3 Å². The Morgan fingerprint density at radius 3 is 2.75 bits per heavy atom. The number of hydrogen-bond donors (Lipinski definition) is 1. The van der Waals surface area contributed by atoms with Gasteiger partial charge in [-0.1, -0.05) is 23.1 Å². The summed E-state index contributed by atoms with van der Waals surface area (Å²) in [6.07, 6.45) is 1.45. The van der Waals surface area contributed by atoms with E-state index in [0.717, 1.165) is 14.9 Å². The number of fused-ring (bicyclic) bond motifs is 1. The number of thiazole rings is 1. The summed E-state index contributed by atoms with van der Waals surface area (Å²) in [4.78, 5) is 26.8. The zero-order valence-corrected chi connectivity index (χ0v) is 14.6. The second-order valence-corrected chi connectivity index (χ2v) is 7.01. The van der Waals surface area contributed by atoms with Crippen LogP contribution in [0.25, 0.3) is 10.3 Å². The largest absolute Gasteiger partial charge is 0.354 e. The highest BCUT2D eigenvalue weighted by atomic mass is 32.2. The molecule has 0 saturated heterocycles. The highest BCUT2D eigenvalue weighted by Crippen LogP contribution is 2.32. The lowest BCUT2D eigenvalue weighted by Gasteiger charge is -2.05. The molecule has 0 aliphatic rings. The average Bonchev–Trinajstić information content (AvgIpc) is 3.00. The molecule has 0 spiro atoms. The maximum atomic E-state index is 12.9. The fourth-order valence-electron chi connectivity index (χ4n) is 1.88. The molecule has 1 aromatic carbocycles. The van der Waals surface area contributed by atoms with E-state index in [2.05, 4.69) is 20.3 Å². The predicted octanol–water partition coefficient (Wildman–Crippen LogP) is 3.02. The van der Waals surface area contributed by atoms with Crippen LogP contribution in [0.1, 0.15) is 0 Å². The van der Waals surface area contributed by atoms with E-state index in [1.165, 1.54) is 53.7 Å². The van der Waals surface area contributed by atoms with Crippen LogP contribution in [0.5, 0.6) is 0 Å². The van der Waals surface area contributed by atoms with Crippen molar-refractivity contribution < 1.29 is 9.18 Å². The lowest BCUT2D eigenvalue weighted by Crippen LogP contribution is -2.14. The molecular weight excluding hydrogens is 349 g/mol. The van der Waals surface area contributed by atoms with Crippen LogP contribution >= 0.6 is 23.1 Å². The number of rotatable bonds is 5. The average molecular weight is 363 g/mol. The highest BCUT2D eigenvalue weighted by Gasteiger charge is 2.13. The molecule has 1 N–H and O–H groups in total. The van der Waals surface area contributed by atoms with E-state index < -0.39 is 0 Å². The summed E-state index contributed by atoms with van der Waals surface area (Å²) in [6, 6.07) is 5.65. The number of aromatic nitrogens is 3. The third-order valence-electron chi connectivity index (χ3n) is 3.00. The van der Waals surface area contributed by atoms with Crippen molar-refractivity contribution in [2.75, 3.05) is 30.1 Å². The molecule has 1 amide bonds. The van der Waals surface area contributed by atoms with Crippen LogP contribution in [0.15, 0.2) is 35.6 Å². The Hall–Kier alpha value is -2.26. The first-order chi connectivity index (χ1) is 11.5. The molecule has 124 valence electrons. The maximum absolute atomic E-state index is 12.9. The number of benzene rings is 1. The summed E-state index contributed by atoms with van der Waals surface area (Å²) in [5.41, 5.74) is 1.18. The predicted molar refractivity (Wildman–Crippen MR) is 95.3 cm³/mol. The minimum atomic E-state index is -0.340. The van der Waals surface area contributed by atoms with Crippen molar-refractivity contribution in [2.45, 2.75) is 5.03 Å². The number of nitrogens with zero attached hydrogens (tertiary/aromatic N) is 4. The van der Waals surface area contributed by atoms with Gasteiger partial charge in [0.05, 0.1) is 5.75 Å². The third-order valence-corrected chi connectivity index (χ3v) is 5.34. The molecule has 0 saturated carbocycles. The number of amides is 1. The lowest BCUT2D eigenvalue weighted by molar-refractivity contribution is -0.113. The molecule has 24 heavy (non-hydrogen) atoms. The highest BCUT2D eigenvalue weighted by molar-refractivity contribution is 8.00. The molecule has 0 unspecified atom stereocenters. The van der Waals surface area contributed by atoms with Gasteiger partial charge in [0, 0.05) is 19.8 Å². The zero-order chi connectivity index (χ0) is 17.1. The van der Waals surface area contributed by atoms with Crippen molar-refractivity contribution in [1.82, 2.24) is 15.0 Å². The van der Waals surface area contributed by atoms with E-state index in [1.807, 2.05) is 19.0 Å². The summed E-state index contributed by atoms with van der Waals surface area (Å²) in [5, 5.41) is 4.28. The van der Waals surface area contributed by atoms with Crippen LogP contribution in [-0.4, -0.2) is 40.7 Å². The minimum Gasteiger partial charge on any atom is -0.354 e. The van der Waals surface area contributed by atoms with Gasteiger partial charge in [-0.15, -0.1) is 0 Å². The molecule has 9 heteroatoms. The van der Waals surface area contributed by atoms with Gasteiger partial charge in [0.15, 0.2) is 10.8 Å². The summed E-state index contributed by atoms with van der Waals surface area (Å²) in [5.74, 6) is -0.332. The molecule has 0 radical (unpaired) electrons. The summed E-state index contributed by atoms with van der Waals surface area (Å²) >= 11 is 2.80. The van der Waals surface area contributed by atoms with Gasteiger partial charge < -0.3 is 10.2 Å². The first-order valence-corrected chi connectivity index (χ1v) is 8.80. The second-order valence-electron chi connectivity index (χ2n) is 5.07. The standard InChI is InChI=1S/C15H14FN5OS2/c1-21(2)15-20-13-12(24-15)14(18-8-17-13)23-7-11(22)19-10-5-3-9(16)4-6-10/h3-6,8H,7H2,1-2H3,(H,19,22). The molecular formula is C15H14FN5OS2. The molecule has 0 fully saturated rings. The van der Waals surface area contributed by atoms with E-state index in [-0.39, 0.29) is 17.5 Å². The molecule has 3 rings (SSSR count). The zero-order valence-electron chi connectivity index (χ0n) is 13.0. The van der Waals surface area contributed by atoms with Crippen LogP contribution < -0.4 is 10.2 Å². The Morgan fingerprint density at radius 2 is 2.04 bits per heavy atom. The van der Waals surface area contributed by atoms with Gasteiger partial charge >= 0.3 is 0 Å². The number of carbonyl (C=O) groups excluding carboxylic acids is 1. The Kier molecular flexibility index (Phi) is 4.91. The normalized spacial score (nSPS) is 10.8. The molecule has 0 aliphatic carbocycles. The minimum absolute atomic E-state index is 0.185. The van der Waals surface area contributed by atoms with Crippen LogP contribution in [0.2, 0.25) is 0 Å². The first kappa shape index (κ1) is 16.6. The van der Waals surface area contributed by atoms with Crippen LogP contribution in [0.4, 0.5) is 15.2 Å². The Labute approximate surface area is 146 Å². The number of anilines is 2. The molecule has 0 atom stereocenters. The Morgan fingerprint density at radius 1 is 1.29 bits per heavy atom. The fourth-order valence-corrected chi connectivity index (χ4v) is 3.69. The van der Waals surface area contributed by atoms with Gasteiger partial charge in [0.1, 0.15) is 21.9 Å². The van der Waals surface area contributed by atoms with E-state index >= 15 is 0 Å². The van der Waals surface area contributed by atoms with Crippen molar-refractivity contribution >= 4 is 50.2 Å². The molecule has 0 bridgehead atoms. The molecule has 0 aliphatic heterocycles. The summed E-state index contributed by atoms with van der Waals surface area (Å²) in [6.45, 7) is 0. The van der Waals surface area contributed by atoms with Crippen molar-refractivity contribution in [1.29, 1.82) is 0 Å². The molecule has 6 nitrogen and oxygen atoms in total. The smallest absolute Gasteiger partial charge is 0.234 e. The number of hydrogen-bond acceptors (Lipinski definition) is 7. The Bertz CT molecular complexity index is 866. The first-order valence-electron chi connectivity index (χ1n) is 7.00. The Balaban J connectivity index is 1.68. The van der Waals surface area contributed by atoms with Crippen LogP contribution in [0.3, 0.4) is 0 Å². The van der Waals surface area contributed by atoms with Gasteiger partial charge in [-0.3, -0.25) is 4.79 Å². The van der Waals surface area contributed by atoms with Crippen molar-refractivity contribution in [3.63, 3.8) is 0 Å². The number of thioether (sulfide) groups is 1. The quantitative estimate of drug-likeness (QED) is 0.555. The molecule has 3 aromatic rings. The second kappa shape index (κ2) is 7.10. The molecule has 2 heterocycles. The number of nitrogens with one attached hydrogen (secondary N) is 1. The third kappa shape index (κ3) is 3.80. The fraction of sp³-hybridized carbons (Fsp3) is 0.200. The maximum Gasteiger partial charge on any atom is 0.234 e.